The highest BCUT2D eigenvalue weighted by Gasteiger charge is 2.07. The molecule has 3 aromatic rings. The van der Waals surface area contributed by atoms with Crippen molar-refractivity contribution in [2.75, 3.05) is 6.54 Å². The van der Waals surface area contributed by atoms with Crippen LogP contribution in [0.4, 0.5) is 0 Å². The molecule has 0 fully saturated rings. The Kier molecular flexibility index (Phi) is 4.88. The molecule has 1 aromatic carbocycles. The summed E-state index contributed by atoms with van der Waals surface area (Å²) in [7, 11) is 0. The van der Waals surface area contributed by atoms with E-state index in [9.17, 15) is 0 Å². The Balaban J connectivity index is 1.53. The van der Waals surface area contributed by atoms with Gasteiger partial charge < -0.3 is 9.88 Å². The van der Waals surface area contributed by atoms with Gasteiger partial charge in [-0.3, -0.25) is 0 Å². The molecular weight excluding hydrogens is 286 g/mol. The van der Waals surface area contributed by atoms with Gasteiger partial charge in [0.25, 0.3) is 0 Å². The Morgan fingerprint density at radius 2 is 2.04 bits per heavy atom. The van der Waals surface area contributed by atoms with Gasteiger partial charge >= 0.3 is 0 Å². The fourth-order valence-electron chi connectivity index (χ4n) is 2.65. The second kappa shape index (κ2) is 7.24. The van der Waals surface area contributed by atoms with Gasteiger partial charge in [-0.2, -0.15) is 5.10 Å². The molecule has 1 unspecified atom stereocenters. The first kappa shape index (κ1) is 15.5. The number of rotatable bonds is 7. The average molecular weight is 309 g/mol. The van der Waals surface area contributed by atoms with Crippen molar-refractivity contribution in [3.05, 3.63) is 66.5 Å². The number of hydrogen-bond donors (Lipinski definition) is 1. The van der Waals surface area contributed by atoms with E-state index in [1.165, 1.54) is 5.56 Å². The quantitative estimate of drug-likeness (QED) is 0.730. The number of para-hydroxylation sites is 1. The first-order valence-corrected chi connectivity index (χ1v) is 7.99. The van der Waals surface area contributed by atoms with Gasteiger partial charge in [0.05, 0.1) is 17.7 Å². The minimum Gasteiger partial charge on any atom is -0.337 e. The van der Waals surface area contributed by atoms with E-state index in [1.54, 1.807) is 0 Å². The van der Waals surface area contributed by atoms with Gasteiger partial charge in [-0.05, 0) is 31.5 Å². The van der Waals surface area contributed by atoms with Crippen LogP contribution >= 0.6 is 0 Å². The van der Waals surface area contributed by atoms with E-state index in [0.717, 1.165) is 31.0 Å². The third-order valence-corrected chi connectivity index (χ3v) is 3.91. The van der Waals surface area contributed by atoms with Crippen LogP contribution in [0.15, 0.2) is 55.2 Å². The lowest BCUT2D eigenvalue weighted by molar-refractivity contribution is 0.445. The van der Waals surface area contributed by atoms with Gasteiger partial charge in [0.1, 0.15) is 0 Å². The van der Waals surface area contributed by atoms with Crippen LogP contribution in [0.3, 0.4) is 0 Å². The smallest absolute Gasteiger partial charge is 0.0946 e. The summed E-state index contributed by atoms with van der Waals surface area (Å²) < 4.78 is 4.06. The minimum absolute atomic E-state index is 0.550. The van der Waals surface area contributed by atoms with Gasteiger partial charge in [-0.1, -0.05) is 25.1 Å². The van der Waals surface area contributed by atoms with E-state index in [-0.39, 0.29) is 0 Å². The molecule has 0 spiro atoms. The molecule has 5 heteroatoms. The fourth-order valence-corrected chi connectivity index (χ4v) is 2.65. The van der Waals surface area contributed by atoms with E-state index in [1.807, 2.05) is 41.6 Å². The Morgan fingerprint density at radius 1 is 1.22 bits per heavy atom. The van der Waals surface area contributed by atoms with E-state index >= 15 is 0 Å². The lowest BCUT2D eigenvalue weighted by atomic mass is 10.1. The number of aryl methyl sites for hydroxylation is 1. The first-order valence-electron chi connectivity index (χ1n) is 7.99. The summed E-state index contributed by atoms with van der Waals surface area (Å²) in [6, 6.07) is 10.2. The molecule has 0 radical (unpaired) electrons. The molecule has 5 nitrogen and oxygen atoms in total. The van der Waals surface area contributed by atoms with Crippen molar-refractivity contribution in [2.24, 2.45) is 5.92 Å². The van der Waals surface area contributed by atoms with Crippen LogP contribution in [0.5, 0.6) is 0 Å². The predicted molar refractivity (Wildman–Crippen MR) is 91.4 cm³/mol. The molecule has 1 N–H and O–H groups in total. The third-order valence-electron chi connectivity index (χ3n) is 3.91. The normalized spacial score (nSPS) is 12.4. The van der Waals surface area contributed by atoms with E-state index in [4.69, 9.17) is 0 Å². The molecule has 1 atom stereocenters. The van der Waals surface area contributed by atoms with Crippen LogP contribution in [0.25, 0.3) is 5.69 Å². The number of nitrogens with one attached hydrogen (secondary N) is 1. The standard InChI is InChI=1S/C18H23N5/c1-15(12-22-9-8-19-14-22)10-20-11-17-13-23(21-16(17)2)18-6-4-3-5-7-18/h3-9,13-15,20H,10-12H2,1-2H3. The second-order valence-corrected chi connectivity index (χ2v) is 6.02. The van der Waals surface area contributed by atoms with Crippen molar-refractivity contribution in [3.63, 3.8) is 0 Å². The molecule has 2 heterocycles. The Bertz CT molecular complexity index is 715. The largest absolute Gasteiger partial charge is 0.337 e. The maximum Gasteiger partial charge on any atom is 0.0946 e. The lowest BCUT2D eigenvalue weighted by Gasteiger charge is -2.12. The highest BCUT2D eigenvalue weighted by Crippen LogP contribution is 2.11. The molecule has 120 valence electrons. The molecule has 0 saturated carbocycles. The SMILES string of the molecule is Cc1nn(-c2ccccc2)cc1CNCC(C)Cn1ccnc1. The summed E-state index contributed by atoms with van der Waals surface area (Å²) in [5.74, 6) is 0.550. The zero-order valence-electron chi connectivity index (χ0n) is 13.7. The van der Waals surface area contributed by atoms with Crippen molar-refractivity contribution >= 4 is 0 Å². The highest BCUT2D eigenvalue weighted by molar-refractivity contribution is 5.32. The molecule has 0 aliphatic heterocycles. The fraction of sp³-hybridized carbons (Fsp3) is 0.333. The summed E-state index contributed by atoms with van der Waals surface area (Å²) in [4.78, 5) is 4.08. The first-order chi connectivity index (χ1) is 11.2. The predicted octanol–water partition coefficient (Wildman–Crippen LogP) is 2.80. The number of aromatic nitrogens is 4. The van der Waals surface area contributed by atoms with Crippen molar-refractivity contribution in [1.82, 2.24) is 24.6 Å². The Morgan fingerprint density at radius 3 is 2.78 bits per heavy atom. The second-order valence-electron chi connectivity index (χ2n) is 6.02. The Hall–Kier alpha value is -2.40. The number of hydrogen-bond acceptors (Lipinski definition) is 3. The van der Waals surface area contributed by atoms with Crippen LogP contribution in [0, 0.1) is 12.8 Å². The van der Waals surface area contributed by atoms with Crippen LogP contribution in [-0.4, -0.2) is 25.9 Å². The molecule has 0 saturated heterocycles. The molecule has 0 amide bonds. The van der Waals surface area contributed by atoms with E-state index in [0.29, 0.717) is 5.92 Å². The minimum atomic E-state index is 0.550. The van der Waals surface area contributed by atoms with Crippen molar-refractivity contribution in [1.29, 1.82) is 0 Å². The molecule has 2 aromatic heterocycles. The maximum absolute atomic E-state index is 4.60. The summed E-state index contributed by atoms with van der Waals surface area (Å²) in [5, 5.41) is 8.14. The molecule has 0 bridgehead atoms. The molecule has 23 heavy (non-hydrogen) atoms. The molecular formula is C18H23N5. The maximum atomic E-state index is 4.60. The lowest BCUT2D eigenvalue weighted by Crippen LogP contribution is -2.23. The van der Waals surface area contributed by atoms with Crippen molar-refractivity contribution in [2.45, 2.75) is 26.9 Å². The van der Waals surface area contributed by atoms with Gasteiger partial charge in [0.15, 0.2) is 0 Å². The zero-order chi connectivity index (χ0) is 16.1. The highest BCUT2D eigenvalue weighted by atomic mass is 15.3. The van der Waals surface area contributed by atoms with E-state index in [2.05, 4.69) is 52.1 Å². The molecule has 0 aliphatic rings. The molecule has 3 rings (SSSR count). The van der Waals surface area contributed by atoms with Gasteiger partial charge in [0.2, 0.25) is 0 Å². The topological polar surface area (TPSA) is 47.7 Å². The van der Waals surface area contributed by atoms with Crippen LogP contribution in [-0.2, 0) is 13.1 Å². The van der Waals surface area contributed by atoms with Crippen LogP contribution < -0.4 is 5.32 Å². The summed E-state index contributed by atoms with van der Waals surface area (Å²) >= 11 is 0. The zero-order valence-corrected chi connectivity index (χ0v) is 13.7. The van der Waals surface area contributed by atoms with Crippen molar-refractivity contribution in [3.8, 4) is 5.69 Å². The summed E-state index contributed by atoms with van der Waals surface area (Å²) in [5.41, 5.74) is 3.41. The van der Waals surface area contributed by atoms with Crippen LogP contribution in [0.2, 0.25) is 0 Å². The van der Waals surface area contributed by atoms with Gasteiger partial charge in [-0.15, -0.1) is 0 Å². The number of imidazole rings is 1. The van der Waals surface area contributed by atoms with Gasteiger partial charge in [0, 0.05) is 37.2 Å². The van der Waals surface area contributed by atoms with E-state index < -0.39 is 0 Å². The Labute approximate surface area is 137 Å². The average Bonchev–Trinajstić information content (AvgIpc) is 3.18. The summed E-state index contributed by atoms with van der Waals surface area (Å²) in [6.07, 6.45) is 7.80. The number of nitrogens with zero attached hydrogens (tertiary/aromatic N) is 4. The number of benzene rings is 1. The van der Waals surface area contributed by atoms with Crippen LogP contribution in [0.1, 0.15) is 18.2 Å². The van der Waals surface area contributed by atoms with Gasteiger partial charge in [-0.25, -0.2) is 9.67 Å². The third kappa shape index (κ3) is 4.07. The monoisotopic (exact) mass is 309 g/mol. The summed E-state index contributed by atoms with van der Waals surface area (Å²) in [6.45, 7) is 7.09. The molecule has 0 aliphatic carbocycles. The van der Waals surface area contributed by atoms with Crippen molar-refractivity contribution < 1.29 is 0 Å².